The van der Waals surface area contributed by atoms with Crippen molar-refractivity contribution in [3.63, 3.8) is 0 Å². The molecule has 4 fully saturated rings. The molecule has 1 heteroatoms. The molecule has 4 saturated carbocycles. The van der Waals surface area contributed by atoms with Crippen LogP contribution < -0.4 is 0 Å². The van der Waals surface area contributed by atoms with E-state index in [1.165, 1.54) is 63.4 Å². The normalized spacial score (nSPS) is 47.7. The van der Waals surface area contributed by atoms with Gasteiger partial charge in [0.2, 0.25) is 0 Å². The van der Waals surface area contributed by atoms with Crippen molar-refractivity contribution in [2.45, 2.75) is 118 Å². The van der Waals surface area contributed by atoms with Crippen LogP contribution in [0.5, 0.6) is 0 Å². The van der Waals surface area contributed by atoms with Crippen molar-refractivity contribution in [3.8, 4) is 0 Å². The minimum atomic E-state index is -0.0144. The third kappa shape index (κ3) is 3.66. The van der Waals surface area contributed by atoms with Gasteiger partial charge in [0.25, 0.3) is 0 Å². The lowest BCUT2D eigenvalue weighted by atomic mass is 9.44. The highest BCUT2D eigenvalue weighted by atomic mass is 16.3. The zero-order valence-electron chi connectivity index (χ0n) is 20.3. The number of hydrogen-bond donors (Lipinski definition) is 1. The van der Waals surface area contributed by atoms with Crippen molar-refractivity contribution < 1.29 is 5.11 Å². The molecule has 0 aromatic rings. The number of aliphatic hydroxyl groups is 1. The molecule has 4 aliphatic carbocycles. The Morgan fingerprint density at radius 1 is 0.897 bits per heavy atom. The van der Waals surface area contributed by atoms with E-state index in [0.717, 1.165) is 48.3 Å². The van der Waals surface area contributed by atoms with Crippen LogP contribution in [0.25, 0.3) is 0 Å². The maximum Gasteiger partial charge on any atom is 0.0543 e. The van der Waals surface area contributed by atoms with Crippen LogP contribution in [0.1, 0.15) is 112 Å². The predicted molar refractivity (Wildman–Crippen MR) is 124 cm³/mol. The molecule has 166 valence electrons. The summed E-state index contributed by atoms with van der Waals surface area (Å²) in [7, 11) is 0. The highest BCUT2D eigenvalue weighted by Crippen LogP contribution is 2.68. The van der Waals surface area contributed by atoms with Crippen molar-refractivity contribution in [2.24, 2.45) is 46.3 Å². The third-order valence-electron chi connectivity index (χ3n) is 11.2. The number of aliphatic hydroxyl groups excluding tert-OH is 1. The molecule has 4 aliphatic rings. The summed E-state index contributed by atoms with van der Waals surface area (Å²) in [5.74, 6) is 5.49. The Morgan fingerprint density at radius 2 is 1.59 bits per heavy atom. The van der Waals surface area contributed by atoms with Crippen molar-refractivity contribution in [2.75, 3.05) is 0 Å². The smallest absolute Gasteiger partial charge is 0.0543 e. The number of allylic oxidation sites excluding steroid dienone is 2. The minimum absolute atomic E-state index is 0.0144. The molecule has 0 aromatic carbocycles. The molecular formula is C28H48O. The Labute approximate surface area is 181 Å². The van der Waals surface area contributed by atoms with Crippen LogP contribution in [0, 0.1) is 46.3 Å². The van der Waals surface area contributed by atoms with Gasteiger partial charge in [-0.1, -0.05) is 31.9 Å². The first kappa shape index (κ1) is 21.9. The highest BCUT2D eigenvalue weighted by Gasteiger charge is 2.60. The van der Waals surface area contributed by atoms with E-state index in [4.69, 9.17) is 0 Å². The Hall–Kier alpha value is -0.300. The number of fused-ring (bicyclic) bond motifs is 5. The first-order valence-electron chi connectivity index (χ1n) is 13.0. The molecule has 0 amide bonds. The van der Waals surface area contributed by atoms with Crippen molar-refractivity contribution in [3.05, 3.63) is 11.1 Å². The van der Waals surface area contributed by atoms with Gasteiger partial charge in [0, 0.05) is 0 Å². The monoisotopic (exact) mass is 400 g/mol. The summed E-state index contributed by atoms with van der Waals surface area (Å²) in [5, 5.41) is 10.3. The second-order valence-corrected chi connectivity index (χ2v) is 12.6. The number of hydrogen-bond acceptors (Lipinski definition) is 1. The summed E-state index contributed by atoms with van der Waals surface area (Å²) in [6, 6.07) is 0. The maximum atomic E-state index is 10.3. The van der Waals surface area contributed by atoms with Crippen LogP contribution in [0.4, 0.5) is 0 Å². The average Bonchev–Trinajstić information content (AvgIpc) is 3.03. The van der Waals surface area contributed by atoms with Crippen molar-refractivity contribution in [1.29, 1.82) is 0 Å². The minimum Gasteiger partial charge on any atom is -0.393 e. The van der Waals surface area contributed by atoms with E-state index in [1.807, 2.05) is 0 Å². The molecule has 0 heterocycles. The molecule has 0 bridgehead atoms. The summed E-state index contributed by atoms with van der Waals surface area (Å²) < 4.78 is 0. The van der Waals surface area contributed by atoms with Gasteiger partial charge in [-0.3, -0.25) is 0 Å². The lowest BCUT2D eigenvalue weighted by Crippen LogP contribution is -2.54. The molecule has 0 saturated heterocycles. The van der Waals surface area contributed by atoms with Crippen LogP contribution in [0.2, 0.25) is 0 Å². The molecule has 0 spiro atoms. The van der Waals surface area contributed by atoms with Crippen molar-refractivity contribution in [1.82, 2.24) is 0 Å². The Morgan fingerprint density at radius 3 is 2.31 bits per heavy atom. The summed E-state index contributed by atoms with van der Waals surface area (Å²) >= 11 is 0. The van der Waals surface area contributed by atoms with E-state index >= 15 is 0 Å². The topological polar surface area (TPSA) is 20.2 Å². The van der Waals surface area contributed by atoms with Gasteiger partial charge in [-0.2, -0.15) is 0 Å². The maximum absolute atomic E-state index is 10.3. The highest BCUT2D eigenvalue weighted by molar-refractivity contribution is 5.10. The molecule has 0 radical (unpaired) electrons. The Bertz CT molecular complexity index is 630. The SMILES string of the molecule is CC(C)=C(C)CCC(C)C1CCC2C3CCC4CC(O)CCC4(C)C3CCC12C. The van der Waals surface area contributed by atoms with E-state index in [-0.39, 0.29) is 6.10 Å². The third-order valence-corrected chi connectivity index (χ3v) is 11.2. The van der Waals surface area contributed by atoms with Crippen LogP contribution in [0.15, 0.2) is 11.1 Å². The first-order chi connectivity index (χ1) is 13.7. The van der Waals surface area contributed by atoms with E-state index < -0.39 is 0 Å². The molecule has 1 nitrogen and oxygen atoms in total. The second kappa shape index (κ2) is 7.99. The molecule has 4 rings (SSSR count). The molecular weight excluding hydrogens is 352 g/mol. The fraction of sp³-hybridized carbons (Fsp3) is 0.929. The fourth-order valence-corrected chi connectivity index (χ4v) is 9.11. The van der Waals surface area contributed by atoms with Gasteiger partial charge in [-0.25, -0.2) is 0 Å². The van der Waals surface area contributed by atoms with E-state index in [9.17, 15) is 5.11 Å². The van der Waals surface area contributed by atoms with Crippen LogP contribution >= 0.6 is 0 Å². The van der Waals surface area contributed by atoms with E-state index in [1.54, 1.807) is 5.57 Å². The first-order valence-corrected chi connectivity index (χ1v) is 13.0. The molecule has 0 aliphatic heterocycles. The predicted octanol–water partition coefficient (Wildman–Crippen LogP) is 7.78. The van der Waals surface area contributed by atoms with Gasteiger partial charge in [-0.05, 0) is 138 Å². The summed E-state index contributed by atoms with van der Waals surface area (Å²) in [4.78, 5) is 0. The molecule has 29 heavy (non-hydrogen) atoms. The summed E-state index contributed by atoms with van der Waals surface area (Å²) in [5.41, 5.74) is 4.26. The van der Waals surface area contributed by atoms with Gasteiger partial charge in [0.1, 0.15) is 0 Å². The summed E-state index contributed by atoms with van der Waals surface area (Å²) in [6.07, 6.45) is 14.9. The average molecular weight is 401 g/mol. The quantitative estimate of drug-likeness (QED) is 0.478. The number of rotatable bonds is 4. The summed E-state index contributed by atoms with van der Waals surface area (Å²) in [6.45, 7) is 14.8. The lowest BCUT2D eigenvalue weighted by Gasteiger charge is -2.61. The van der Waals surface area contributed by atoms with E-state index in [2.05, 4.69) is 41.5 Å². The van der Waals surface area contributed by atoms with Crippen LogP contribution in [0.3, 0.4) is 0 Å². The van der Waals surface area contributed by atoms with Crippen LogP contribution in [-0.2, 0) is 0 Å². The second-order valence-electron chi connectivity index (χ2n) is 12.6. The lowest BCUT2D eigenvalue weighted by molar-refractivity contribution is -0.129. The molecule has 1 N–H and O–H groups in total. The molecule has 9 atom stereocenters. The van der Waals surface area contributed by atoms with Crippen LogP contribution in [-0.4, -0.2) is 11.2 Å². The Kier molecular flexibility index (Phi) is 6.04. The zero-order valence-corrected chi connectivity index (χ0v) is 20.3. The Balaban J connectivity index is 1.48. The van der Waals surface area contributed by atoms with Gasteiger partial charge in [-0.15, -0.1) is 0 Å². The van der Waals surface area contributed by atoms with E-state index in [0.29, 0.717) is 10.8 Å². The van der Waals surface area contributed by atoms with Gasteiger partial charge < -0.3 is 5.11 Å². The standard InChI is InChI=1S/C28H48O/c1-18(2)19(3)7-8-20(4)24-11-12-25-23-10-9-21-17-22(29)13-15-27(21,5)26(23)14-16-28(24,25)6/h20-26,29H,7-17H2,1-6H3. The largest absolute Gasteiger partial charge is 0.393 e. The fourth-order valence-electron chi connectivity index (χ4n) is 9.11. The molecule has 9 unspecified atom stereocenters. The van der Waals surface area contributed by atoms with Crippen molar-refractivity contribution >= 4 is 0 Å². The van der Waals surface area contributed by atoms with Gasteiger partial charge in [0.05, 0.1) is 6.10 Å². The zero-order chi connectivity index (χ0) is 21.0. The van der Waals surface area contributed by atoms with Gasteiger partial charge >= 0.3 is 0 Å². The van der Waals surface area contributed by atoms with Gasteiger partial charge in [0.15, 0.2) is 0 Å². The molecule has 0 aromatic heterocycles.